The van der Waals surface area contributed by atoms with Crippen LogP contribution in [0.3, 0.4) is 0 Å². The lowest BCUT2D eigenvalue weighted by atomic mass is 10.2. The second kappa shape index (κ2) is 14.3. The Morgan fingerprint density at radius 1 is 0.840 bits per heavy atom. The lowest BCUT2D eigenvalue weighted by Gasteiger charge is -1.96. The van der Waals surface area contributed by atoms with Crippen molar-refractivity contribution in [1.82, 2.24) is 0 Å². The highest BCUT2D eigenvalue weighted by Gasteiger charge is 2.69. The van der Waals surface area contributed by atoms with E-state index in [1.165, 1.54) is 25.7 Å². The molecule has 0 atom stereocenters. The maximum absolute atomic E-state index is 11.2. The summed E-state index contributed by atoms with van der Waals surface area (Å²) in [5, 5.41) is 19.3. The van der Waals surface area contributed by atoms with Gasteiger partial charge in [-0.2, -0.15) is 8.73 Å². The minimum Gasteiger partial charge on any atom is -0.500 e. The van der Waals surface area contributed by atoms with Gasteiger partial charge in [0, 0.05) is 0 Å². The molecule has 0 radical (unpaired) electrons. The predicted molar refractivity (Wildman–Crippen MR) is 78.4 cm³/mol. The maximum atomic E-state index is 11.2. The molecule has 0 aliphatic heterocycles. The van der Waals surface area contributed by atoms with Gasteiger partial charge < -0.3 is 20.8 Å². The molecule has 0 saturated heterocycles. The zero-order chi connectivity index (χ0) is 19.3. The summed E-state index contributed by atoms with van der Waals surface area (Å²) in [5.41, 5.74) is 0. The third-order valence-corrected chi connectivity index (χ3v) is 2.14. The van der Waals surface area contributed by atoms with E-state index in [0.717, 1.165) is 0 Å². The summed E-state index contributed by atoms with van der Waals surface area (Å²) in [5.74, 6) is 0. The van der Waals surface area contributed by atoms with Gasteiger partial charge in [-0.1, -0.05) is 44.0 Å². The molecule has 0 spiro atoms. The Labute approximate surface area is 140 Å². The molecular formula is C12H22O13+6. The number of unbranched alkanes of at least 4 members (excludes halogenated alkanes) is 3. The van der Waals surface area contributed by atoms with Crippen LogP contribution in [0.25, 0.3) is 0 Å². The van der Waals surface area contributed by atoms with Gasteiger partial charge in [-0.25, -0.2) is 0 Å². The zero-order valence-electron chi connectivity index (χ0n) is 13.5. The monoisotopic (exact) mass is 374 g/mol. The van der Waals surface area contributed by atoms with E-state index in [1.54, 1.807) is 0 Å². The maximum Gasteiger partial charge on any atom is 0.916 e. The van der Waals surface area contributed by atoms with Crippen molar-refractivity contribution in [3.63, 3.8) is 0 Å². The quantitative estimate of drug-likeness (QED) is 0.276. The van der Waals surface area contributed by atoms with Gasteiger partial charge >= 0.3 is 36.9 Å². The largest absolute Gasteiger partial charge is 0.916 e. The molecule has 0 aliphatic carbocycles. The fraction of sp³-hybridized carbons (Fsp3) is 0.500. The van der Waals surface area contributed by atoms with Crippen molar-refractivity contribution in [2.24, 2.45) is 0 Å². The van der Waals surface area contributed by atoms with E-state index in [2.05, 4.69) is 18.3 Å². The molecule has 0 aromatic carbocycles. The number of carbonyl (C=O) groups excluding carboxylic acids is 7. The normalized spacial score (nSPS) is 8.40. The summed E-state index contributed by atoms with van der Waals surface area (Å²) in [6.07, 6.45) is -4.72. The first-order valence-corrected chi connectivity index (χ1v) is 6.52. The Bertz CT molecular complexity index is 513. The topological polar surface area (TPSA) is 219 Å². The first-order chi connectivity index (χ1) is 11.1. The fourth-order valence-electron chi connectivity index (χ4n) is 1.11. The molecule has 13 nitrogen and oxygen atoms in total. The Hall–Kier alpha value is -3.31. The van der Waals surface area contributed by atoms with E-state index in [4.69, 9.17) is 15.3 Å². The van der Waals surface area contributed by atoms with Crippen LogP contribution in [0, 0.1) is 0 Å². The molecule has 0 aliphatic rings. The van der Waals surface area contributed by atoms with Crippen LogP contribution in [-0.4, -0.2) is 57.7 Å². The molecule has 0 aromatic rings. The van der Waals surface area contributed by atoms with Crippen LogP contribution in [0.4, 0.5) is 24.0 Å². The van der Waals surface area contributed by atoms with Gasteiger partial charge in [0.15, 0.2) is 14.4 Å². The lowest BCUT2D eigenvalue weighted by Crippen LogP contribution is -2.42. The summed E-state index contributed by atoms with van der Waals surface area (Å²) >= 11 is 0. The van der Waals surface area contributed by atoms with Crippen molar-refractivity contribution in [3.05, 3.63) is 0 Å². The summed E-state index contributed by atoms with van der Waals surface area (Å²) in [6.45, 7) is 4.46. The van der Waals surface area contributed by atoms with E-state index >= 15 is 0 Å². The average Bonchev–Trinajstić information content (AvgIpc) is 2.44. The summed E-state index contributed by atoms with van der Waals surface area (Å²) in [4.78, 5) is 63.3. The summed E-state index contributed by atoms with van der Waals surface area (Å²) in [7, 11) is 0. The second-order valence-corrected chi connectivity index (χ2v) is 3.87. The summed E-state index contributed by atoms with van der Waals surface area (Å²) < 4.78 is 3.69. The van der Waals surface area contributed by atoms with Gasteiger partial charge in [-0.3, -0.25) is 0 Å². The smallest absolute Gasteiger partial charge is 0.500 e. The van der Waals surface area contributed by atoms with Gasteiger partial charge in [0.25, 0.3) is 0 Å². The lowest BCUT2D eigenvalue weighted by molar-refractivity contribution is -0.389. The van der Waals surface area contributed by atoms with Gasteiger partial charge in [0.1, 0.15) is 9.59 Å². The zero-order valence-corrected chi connectivity index (χ0v) is 13.5. The SMILES string of the molecule is CCCCCC.O.O=C=[O+]C(=O)[O+](C(=O)[OH2+])C(=O)[O+](C(=O)[OH2+])C(=O)[OH2+]. The van der Waals surface area contributed by atoms with Crippen LogP contribution in [0.5, 0.6) is 0 Å². The van der Waals surface area contributed by atoms with Crippen LogP contribution in [0.2, 0.25) is 0 Å². The molecule has 0 aromatic heterocycles. The van der Waals surface area contributed by atoms with Gasteiger partial charge in [-0.05, 0) is 0 Å². The van der Waals surface area contributed by atoms with Crippen molar-refractivity contribution in [2.75, 3.05) is 0 Å². The number of hydrogen-bond donors (Lipinski definition) is 0. The van der Waals surface area contributed by atoms with Crippen LogP contribution in [0.1, 0.15) is 39.5 Å². The van der Waals surface area contributed by atoms with Crippen LogP contribution in [0.15, 0.2) is 0 Å². The minimum absolute atomic E-state index is 0. The number of rotatable bonds is 3. The first-order valence-electron chi connectivity index (χ1n) is 6.52. The molecule has 0 amide bonds. The van der Waals surface area contributed by atoms with E-state index < -0.39 is 30.8 Å². The van der Waals surface area contributed by atoms with E-state index in [0.29, 0.717) is 6.15 Å². The molecule has 0 unspecified atom stereocenters. The Kier molecular flexibility index (Phi) is 15.2. The third kappa shape index (κ3) is 10.1. The van der Waals surface area contributed by atoms with Crippen molar-refractivity contribution in [2.45, 2.75) is 39.5 Å². The van der Waals surface area contributed by atoms with Crippen molar-refractivity contribution < 1.29 is 62.7 Å². The molecule has 8 N–H and O–H groups in total. The molecule has 0 rings (SSSR count). The second-order valence-electron chi connectivity index (χ2n) is 3.87. The van der Waals surface area contributed by atoms with E-state index in [-0.39, 0.29) is 14.2 Å². The predicted octanol–water partition coefficient (Wildman–Crippen LogP) is -0.408. The minimum atomic E-state index is -2.25. The molecule has 0 bridgehead atoms. The highest BCUT2D eigenvalue weighted by Crippen LogP contribution is 2.12. The molecule has 0 heterocycles. The Morgan fingerprint density at radius 2 is 1.20 bits per heavy atom. The van der Waals surface area contributed by atoms with Crippen molar-refractivity contribution >= 4 is 36.9 Å². The Morgan fingerprint density at radius 3 is 1.44 bits per heavy atom. The molecular weight excluding hydrogens is 352 g/mol. The highest BCUT2D eigenvalue weighted by molar-refractivity contribution is 6.02. The molecule has 13 heteroatoms. The Balaban J connectivity index is -0.000000592. The first kappa shape index (κ1) is 26.6. The molecule has 0 fully saturated rings. The highest BCUT2D eigenvalue weighted by atomic mass is 17.0. The van der Waals surface area contributed by atoms with Crippen LogP contribution in [-0.2, 0) is 18.0 Å². The third-order valence-electron chi connectivity index (χ3n) is 2.14. The van der Waals surface area contributed by atoms with E-state index in [1.807, 2.05) is 0 Å². The van der Waals surface area contributed by atoms with Gasteiger partial charge in [0.2, 0.25) is 4.79 Å². The molecule has 25 heavy (non-hydrogen) atoms. The molecule has 0 saturated carbocycles. The van der Waals surface area contributed by atoms with E-state index in [9.17, 15) is 28.8 Å². The van der Waals surface area contributed by atoms with Crippen LogP contribution >= 0.6 is 0 Å². The van der Waals surface area contributed by atoms with Crippen LogP contribution < -0.4 is 0 Å². The average molecular weight is 374 g/mol. The van der Waals surface area contributed by atoms with Gasteiger partial charge in [-0.15, -0.1) is 0 Å². The summed E-state index contributed by atoms with van der Waals surface area (Å²) in [6, 6.07) is 0. The van der Waals surface area contributed by atoms with Gasteiger partial charge in [0.05, 0.1) is 0 Å². The molecule has 142 valence electrons. The number of carbonyl (C=O) groups is 5. The fourth-order valence-corrected chi connectivity index (χ4v) is 1.11. The number of hydrogen-bond acceptors (Lipinski definition) is 6. The van der Waals surface area contributed by atoms with Crippen molar-refractivity contribution in [1.29, 1.82) is 0 Å². The standard InChI is InChI=1S/C6O12.C6H14.H2O/c7-1-16-5(14)18(4(12)13)6(15)17(2(8)9)3(10)11;1-3-5-6-4-2;/h;3-6H2,1-2H3;1H2/p+6. The van der Waals surface area contributed by atoms with Crippen molar-refractivity contribution in [3.8, 4) is 0 Å².